The van der Waals surface area contributed by atoms with E-state index in [1.807, 2.05) is 0 Å². The van der Waals surface area contributed by atoms with Crippen molar-refractivity contribution in [3.8, 4) is 0 Å². The molecule has 1 saturated carbocycles. The van der Waals surface area contributed by atoms with Gasteiger partial charge in [0, 0.05) is 12.1 Å². The van der Waals surface area contributed by atoms with Gasteiger partial charge in [0.05, 0.1) is 0 Å². The molecular formula is C12H24N2. The van der Waals surface area contributed by atoms with Crippen molar-refractivity contribution in [1.29, 1.82) is 0 Å². The van der Waals surface area contributed by atoms with Gasteiger partial charge in [-0.3, -0.25) is 0 Å². The molecule has 1 heterocycles. The first-order valence-corrected chi connectivity index (χ1v) is 6.31. The Balaban J connectivity index is 1.83. The van der Waals surface area contributed by atoms with Crippen molar-refractivity contribution >= 4 is 0 Å². The zero-order chi connectivity index (χ0) is 9.80. The van der Waals surface area contributed by atoms with Gasteiger partial charge in [0.2, 0.25) is 0 Å². The average molecular weight is 196 g/mol. The second-order valence-electron chi connectivity index (χ2n) is 4.90. The predicted octanol–water partition coefficient (Wildman–Crippen LogP) is 2.00. The highest BCUT2D eigenvalue weighted by atomic mass is 15.2. The first-order chi connectivity index (χ1) is 6.90. The summed E-state index contributed by atoms with van der Waals surface area (Å²) in [5.41, 5.74) is 0. The van der Waals surface area contributed by atoms with E-state index in [2.05, 4.69) is 17.3 Å². The van der Waals surface area contributed by atoms with Gasteiger partial charge in [0.1, 0.15) is 0 Å². The van der Waals surface area contributed by atoms with Gasteiger partial charge in [0.15, 0.2) is 0 Å². The second-order valence-corrected chi connectivity index (χ2v) is 4.90. The second kappa shape index (κ2) is 5.13. The number of hydrogen-bond donors (Lipinski definition) is 1. The quantitative estimate of drug-likeness (QED) is 0.727. The molecule has 1 aliphatic carbocycles. The molecule has 14 heavy (non-hydrogen) atoms. The first kappa shape index (κ1) is 10.4. The highest BCUT2D eigenvalue weighted by Crippen LogP contribution is 2.25. The van der Waals surface area contributed by atoms with Crippen LogP contribution in [0.4, 0.5) is 0 Å². The van der Waals surface area contributed by atoms with Crippen LogP contribution in [0.2, 0.25) is 0 Å². The number of nitrogens with zero attached hydrogens (tertiary/aromatic N) is 1. The Kier molecular flexibility index (Phi) is 3.82. The van der Waals surface area contributed by atoms with Gasteiger partial charge in [-0.25, -0.2) is 0 Å². The minimum absolute atomic E-state index is 0.788. The maximum atomic E-state index is 3.45. The third-order valence-corrected chi connectivity index (χ3v) is 3.96. The van der Waals surface area contributed by atoms with Gasteiger partial charge in [-0.2, -0.15) is 0 Å². The summed E-state index contributed by atoms with van der Waals surface area (Å²) in [7, 11) is 2.11. The van der Waals surface area contributed by atoms with Crippen LogP contribution in [0.1, 0.15) is 44.9 Å². The topological polar surface area (TPSA) is 15.3 Å². The molecule has 1 N–H and O–H groups in total. The summed E-state index contributed by atoms with van der Waals surface area (Å²) in [4.78, 5) is 2.74. The molecule has 2 unspecified atom stereocenters. The Morgan fingerprint density at radius 3 is 2.50 bits per heavy atom. The maximum Gasteiger partial charge on any atom is 0.0110 e. The molecule has 2 fully saturated rings. The summed E-state index contributed by atoms with van der Waals surface area (Å²) in [5, 5.41) is 3.45. The van der Waals surface area contributed by atoms with Crippen LogP contribution in [0, 0.1) is 0 Å². The lowest BCUT2D eigenvalue weighted by Crippen LogP contribution is -2.45. The van der Waals surface area contributed by atoms with E-state index in [1.54, 1.807) is 0 Å². The summed E-state index contributed by atoms with van der Waals surface area (Å²) < 4.78 is 0. The summed E-state index contributed by atoms with van der Waals surface area (Å²) in [5.74, 6) is 0. The molecule has 0 amide bonds. The van der Waals surface area contributed by atoms with E-state index >= 15 is 0 Å². The van der Waals surface area contributed by atoms with Crippen LogP contribution in [0.5, 0.6) is 0 Å². The van der Waals surface area contributed by atoms with Crippen molar-refractivity contribution in [2.75, 3.05) is 20.1 Å². The predicted molar refractivity (Wildman–Crippen MR) is 60.5 cm³/mol. The maximum absolute atomic E-state index is 3.45. The van der Waals surface area contributed by atoms with E-state index in [1.165, 1.54) is 58.0 Å². The van der Waals surface area contributed by atoms with Crippen LogP contribution in [0.3, 0.4) is 0 Å². The van der Waals surface area contributed by atoms with E-state index in [-0.39, 0.29) is 0 Å². The van der Waals surface area contributed by atoms with Crippen LogP contribution >= 0.6 is 0 Å². The molecule has 1 saturated heterocycles. The van der Waals surface area contributed by atoms with Gasteiger partial charge < -0.3 is 10.2 Å². The zero-order valence-electron chi connectivity index (χ0n) is 9.47. The minimum atomic E-state index is 0.788. The van der Waals surface area contributed by atoms with Crippen molar-refractivity contribution < 1.29 is 0 Å². The molecule has 0 aromatic carbocycles. The van der Waals surface area contributed by atoms with Gasteiger partial charge in [-0.05, 0) is 52.2 Å². The third-order valence-electron chi connectivity index (χ3n) is 3.96. The third kappa shape index (κ3) is 2.48. The van der Waals surface area contributed by atoms with Gasteiger partial charge in [-0.1, -0.05) is 12.8 Å². The molecule has 0 aromatic rings. The van der Waals surface area contributed by atoms with Crippen molar-refractivity contribution in [3.05, 3.63) is 0 Å². The van der Waals surface area contributed by atoms with E-state index in [9.17, 15) is 0 Å². The standard InChI is InChI=1S/C12H24N2/c1-13-11-6-5-7-12(10-11)14-8-3-2-4-9-14/h11-13H,2-10H2,1H3. The molecule has 2 heteroatoms. The number of likely N-dealkylation sites (tertiary alicyclic amines) is 1. The normalized spacial score (nSPS) is 35.8. The zero-order valence-corrected chi connectivity index (χ0v) is 9.47. The Morgan fingerprint density at radius 2 is 1.79 bits per heavy atom. The first-order valence-electron chi connectivity index (χ1n) is 6.31. The fourth-order valence-corrected chi connectivity index (χ4v) is 3.04. The molecule has 2 aliphatic rings. The molecule has 2 nitrogen and oxygen atoms in total. The summed E-state index contributed by atoms with van der Waals surface area (Å²) >= 11 is 0. The Morgan fingerprint density at radius 1 is 1.00 bits per heavy atom. The minimum Gasteiger partial charge on any atom is -0.317 e. The highest BCUT2D eigenvalue weighted by Gasteiger charge is 2.26. The summed E-state index contributed by atoms with van der Waals surface area (Å²) in [6, 6.07) is 1.68. The van der Waals surface area contributed by atoms with Crippen LogP contribution in [-0.4, -0.2) is 37.1 Å². The highest BCUT2D eigenvalue weighted by molar-refractivity contribution is 4.84. The van der Waals surface area contributed by atoms with Crippen molar-refractivity contribution in [2.45, 2.75) is 57.0 Å². The fraction of sp³-hybridized carbons (Fsp3) is 1.00. The lowest BCUT2D eigenvalue weighted by atomic mass is 9.89. The van der Waals surface area contributed by atoms with Gasteiger partial charge >= 0.3 is 0 Å². The summed E-state index contributed by atoms with van der Waals surface area (Å²) in [6.07, 6.45) is 9.96. The molecule has 0 radical (unpaired) electrons. The largest absolute Gasteiger partial charge is 0.317 e. The summed E-state index contributed by atoms with van der Waals surface area (Å²) in [6.45, 7) is 2.72. The number of rotatable bonds is 2. The average Bonchev–Trinajstić information content (AvgIpc) is 2.30. The molecule has 2 atom stereocenters. The monoisotopic (exact) mass is 196 g/mol. The molecular weight excluding hydrogens is 172 g/mol. The van der Waals surface area contributed by atoms with Crippen molar-refractivity contribution in [3.63, 3.8) is 0 Å². The molecule has 82 valence electrons. The smallest absolute Gasteiger partial charge is 0.0110 e. The fourth-order valence-electron chi connectivity index (χ4n) is 3.04. The van der Waals surface area contributed by atoms with E-state index < -0.39 is 0 Å². The van der Waals surface area contributed by atoms with E-state index in [4.69, 9.17) is 0 Å². The van der Waals surface area contributed by atoms with E-state index in [0.29, 0.717) is 0 Å². The lowest BCUT2D eigenvalue weighted by molar-refractivity contribution is 0.119. The Labute approximate surface area is 88.1 Å². The SMILES string of the molecule is CNC1CCCC(N2CCCCC2)C1. The van der Waals surface area contributed by atoms with Crippen LogP contribution in [-0.2, 0) is 0 Å². The molecule has 1 aliphatic heterocycles. The Hall–Kier alpha value is -0.0800. The van der Waals surface area contributed by atoms with Crippen LogP contribution < -0.4 is 5.32 Å². The van der Waals surface area contributed by atoms with Crippen molar-refractivity contribution in [2.24, 2.45) is 0 Å². The van der Waals surface area contributed by atoms with Gasteiger partial charge in [0.25, 0.3) is 0 Å². The molecule has 0 bridgehead atoms. The van der Waals surface area contributed by atoms with Crippen LogP contribution in [0.25, 0.3) is 0 Å². The van der Waals surface area contributed by atoms with E-state index in [0.717, 1.165) is 12.1 Å². The Bertz CT molecular complexity index is 164. The molecule has 2 rings (SSSR count). The number of piperidine rings is 1. The number of hydrogen-bond acceptors (Lipinski definition) is 2. The van der Waals surface area contributed by atoms with Gasteiger partial charge in [-0.15, -0.1) is 0 Å². The van der Waals surface area contributed by atoms with Crippen molar-refractivity contribution in [1.82, 2.24) is 10.2 Å². The lowest BCUT2D eigenvalue weighted by Gasteiger charge is -2.39. The van der Waals surface area contributed by atoms with Crippen LogP contribution in [0.15, 0.2) is 0 Å². The molecule has 0 aromatic heterocycles. The number of nitrogens with one attached hydrogen (secondary N) is 1. The molecule has 0 spiro atoms.